The molecule has 4 rings (SSSR count). The number of aliphatic imine (C=N–C) groups is 1. The Labute approximate surface area is 179 Å². The fourth-order valence-electron chi connectivity index (χ4n) is 3.56. The Morgan fingerprint density at radius 2 is 1.45 bits per heavy atom. The van der Waals surface area contributed by atoms with Crippen LogP contribution in [0.4, 0.5) is 5.69 Å². The van der Waals surface area contributed by atoms with Crippen LogP contribution in [0, 0.1) is 0 Å². The molecule has 0 saturated heterocycles. The average Bonchev–Trinajstić information content (AvgIpc) is 3.15. The van der Waals surface area contributed by atoms with Crippen LogP contribution in [0.5, 0.6) is 11.5 Å². The van der Waals surface area contributed by atoms with Crippen molar-refractivity contribution < 1.29 is 19.7 Å². The summed E-state index contributed by atoms with van der Waals surface area (Å²) in [6, 6.07) is 22.7. The van der Waals surface area contributed by atoms with Crippen LogP contribution in [0.1, 0.15) is 18.1 Å². The third-order valence-corrected chi connectivity index (χ3v) is 4.96. The smallest absolute Gasteiger partial charge is 0.365 e. The maximum absolute atomic E-state index is 12.7. The van der Waals surface area contributed by atoms with Gasteiger partial charge in [0.05, 0.1) is 12.2 Å². The molecule has 0 bridgehead atoms. The Morgan fingerprint density at radius 1 is 0.871 bits per heavy atom. The lowest BCUT2D eigenvalue weighted by molar-refractivity contribution is -0.143. The van der Waals surface area contributed by atoms with Gasteiger partial charge in [0.1, 0.15) is 17.1 Å². The number of phenolic OH excluding ortho intramolecular Hbond substituents is 2. The number of esters is 1. The van der Waals surface area contributed by atoms with Gasteiger partial charge >= 0.3 is 5.97 Å². The van der Waals surface area contributed by atoms with E-state index in [0.29, 0.717) is 22.6 Å². The first-order valence-electron chi connectivity index (χ1n) is 9.90. The number of quaternary nitrogens is 1. The van der Waals surface area contributed by atoms with Crippen LogP contribution in [0.2, 0.25) is 0 Å². The number of amidine groups is 2. The number of aromatic hydroxyl groups is 2. The Balaban J connectivity index is 1.98. The van der Waals surface area contributed by atoms with E-state index in [2.05, 4.69) is 0 Å². The number of para-hydroxylation sites is 3. The largest absolute Gasteiger partial charge is 0.507 e. The molecule has 2 N–H and O–H groups in total. The van der Waals surface area contributed by atoms with Crippen molar-refractivity contribution in [3.05, 3.63) is 90.0 Å². The third-order valence-electron chi connectivity index (χ3n) is 4.96. The molecule has 3 aromatic carbocycles. The van der Waals surface area contributed by atoms with Crippen LogP contribution in [-0.2, 0) is 9.53 Å². The number of hydrogen-bond acceptors (Lipinski definition) is 6. The van der Waals surface area contributed by atoms with Crippen LogP contribution < -0.4 is 4.59 Å². The molecule has 1 heterocycles. The minimum Gasteiger partial charge on any atom is -0.507 e. The summed E-state index contributed by atoms with van der Waals surface area (Å²) in [7, 11) is 0. The number of carbonyl (C=O) groups excluding carboxylic acids is 1. The molecular formula is C24H22N3O4+. The van der Waals surface area contributed by atoms with Gasteiger partial charge in [0, 0.05) is 12.1 Å². The lowest BCUT2D eigenvalue weighted by Crippen LogP contribution is -2.51. The molecule has 0 amide bonds. The predicted molar refractivity (Wildman–Crippen MR) is 119 cm³/mol. The van der Waals surface area contributed by atoms with E-state index in [1.807, 2.05) is 30.3 Å². The van der Waals surface area contributed by atoms with E-state index in [4.69, 9.17) is 14.8 Å². The lowest BCUT2D eigenvalue weighted by atomic mass is 10.1. The van der Waals surface area contributed by atoms with E-state index < -0.39 is 5.97 Å². The predicted octanol–water partition coefficient (Wildman–Crippen LogP) is 3.79. The molecule has 31 heavy (non-hydrogen) atoms. The third kappa shape index (κ3) is 3.78. The number of benzene rings is 3. The molecule has 1 aliphatic heterocycles. The maximum atomic E-state index is 12.7. The summed E-state index contributed by atoms with van der Waals surface area (Å²) < 4.78 is 4.91. The Kier molecular flexibility index (Phi) is 5.51. The van der Waals surface area contributed by atoms with Gasteiger partial charge in [-0.05, 0) is 36.3 Å². The lowest BCUT2D eigenvalue weighted by Gasteiger charge is -2.28. The number of ether oxygens (including phenoxy) is 1. The van der Waals surface area contributed by atoms with E-state index in [-0.39, 0.29) is 35.1 Å². The zero-order valence-electron chi connectivity index (χ0n) is 17.0. The van der Waals surface area contributed by atoms with Crippen LogP contribution in [0.25, 0.3) is 0 Å². The number of hydrogen-bond donors (Lipinski definition) is 2. The van der Waals surface area contributed by atoms with Crippen LogP contribution >= 0.6 is 0 Å². The Morgan fingerprint density at radius 3 is 2.06 bits per heavy atom. The van der Waals surface area contributed by atoms with Crippen molar-refractivity contribution in [2.45, 2.75) is 6.92 Å². The second-order valence-electron chi connectivity index (χ2n) is 6.96. The normalized spacial score (nSPS) is 17.7. The van der Waals surface area contributed by atoms with Gasteiger partial charge in [0.25, 0.3) is 5.84 Å². The summed E-state index contributed by atoms with van der Waals surface area (Å²) in [4.78, 5) is 17.4. The molecule has 0 radical (unpaired) electrons. The molecule has 1 atom stereocenters. The molecule has 1 aliphatic rings. The van der Waals surface area contributed by atoms with E-state index in [1.165, 1.54) is 0 Å². The molecule has 0 fully saturated rings. The Bertz CT molecular complexity index is 1170. The highest BCUT2D eigenvalue weighted by Crippen LogP contribution is 2.36. The quantitative estimate of drug-likeness (QED) is 0.472. The highest BCUT2D eigenvalue weighted by molar-refractivity contribution is 6.21. The summed E-state index contributed by atoms with van der Waals surface area (Å²) in [5, 5.41) is 25.8. The van der Waals surface area contributed by atoms with E-state index in [1.54, 1.807) is 55.5 Å². The molecule has 0 spiro atoms. The second-order valence-corrected chi connectivity index (χ2v) is 6.96. The molecule has 0 aromatic heterocycles. The summed E-state index contributed by atoms with van der Waals surface area (Å²) >= 11 is 0. The standard InChI is InChI=1S/C24H21N3O4/c1-2-31-22(30)16-27(17-10-4-3-5-11-17)24(19-13-7-9-15-21(19)29)25-23(26-27)18-12-6-8-14-20(18)28/h3-15H,2,16H2,1H3,(H-,25,26,28,29)/p+1. The van der Waals surface area contributed by atoms with Crippen LogP contribution in [-0.4, -0.2) is 41.0 Å². The first kappa shape index (κ1) is 20.3. The molecule has 0 saturated carbocycles. The van der Waals surface area contributed by atoms with Crippen LogP contribution in [0.3, 0.4) is 0 Å². The molecule has 156 valence electrons. The number of rotatable bonds is 6. The summed E-state index contributed by atoms with van der Waals surface area (Å²) in [6.07, 6.45) is 0. The van der Waals surface area contributed by atoms with Crippen molar-refractivity contribution in [2.75, 3.05) is 13.2 Å². The minimum atomic E-state index is -0.461. The monoisotopic (exact) mass is 416 g/mol. The zero-order chi connectivity index (χ0) is 21.8. The summed E-state index contributed by atoms with van der Waals surface area (Å²) in [5.41, 5.74) is 1.53. The van der Waals surface area contributed by atoms with Crippen molar-refractivity contribution in [1.82, 2.24) is 4.59 Å². The van der Waals surface area contributed by atoms with Gasteiger partial charge in [-0.1, -0.05) is 42.5 Å². The fraction of sp³-hybridized carbons (Fsp3) is 0.125. The first-order valence-corrected chi connectivity index (χ1v) is 9.90. The molecule has 1 unspecified atom stereocenters. The zero-order valence-corrected chi connectivity index (χ0v) is 17.0. The van der Waals surface area contributed by atoms with Gasteiger partial charge in [-0.3, -0.25) is 0 Å². The SMILES string of the molecule is CCOC(=O)C[N+]1(c2ccccc2)N=C(c2ccccc2O)N=C1c1ccccc1O. The molecule has 3 aromatic rings. The van der Waals surface area contributed by atoms with Crippen molar-refractivity contribution in [1.29, 1.82) is 0 Å². The van der Waals surface area contributed by atoms with E-state index >= 15 is 0 Å². The van der Waals surface area contributed by atoms with Gasteiger partial charge in [0.15, 0.2) is 5.69 Å². The number of carbonyl (C=O) groups is 1. The molecule has 7 nitrogen and oxygen atoms in total. The van der Waals surface area contributed by atoms with Crippen molar-refractivity contribution in [3.63, 3.8) is 0 Å². The second kappa shape index (κ2) is 8.41. The van der Waals surface area contributed by atoms with E-state index in [0.717, 1.165) is 0 Å². The number of nitrogens with zero attached hydrogens (tertiary/aromatic N) is 3. The number of phenols is 2. The summed E-state index contributed by atoms with van der Waals surface area (Å²) in [5.74, 6) is 0.181. The molecule has 7 heteroatoms. The van der Waals surface area contributed by atoms with Crippen molar-refractivity contribution in [2.24, 2.45) is 10.1 Å². The van der Waals surface area contributed by atoms with Crippen molar-refractivity contribution >= 4 is 23.3 Å². The first-order chi connectivity index (χ1) is 15.0. The fourth-order valence-corrected chi connectivity index (χ4v) is 3.56. The van der Waals surface area contributed by atoms with Gasteiger partial charge < -0.3 is 14.9 Å². The summed E-state index contributed by atoms with van der Waals surface area (Å²) in [6.45, 7) is 1.80. The molecule has 0 aliphatic carbocycles. The van der Waals surface area contributed by atoms with Gasteiger partial charge in [0.2, 0.25) is 12.4 Å². The molecular weight excluding hydrogens is 394 g/mol. The Hall–Kier alpha value is -3.97. The van der Waals surface area contributed by atoms with E-state index in [9.17, 15) is 15.0 Å². The van der Waals surface area contributed by atoms with Crippen LogP contribution in [0.15, 0.2) is 89.0 Å². The van der Waals surface area contributed by atoms with Crippen molar-refractivity contribution in [3.8, 4) is 11.5 Å². The highest BCUT2D eigenvalue weighted by Gasteiger charge is 2.48. The van der Waals surface area contributed by atoms with Gasteiger partial charge in [-0.2, -0.15) is 4.99 Å². The topological polar surface area (TPSA) is 91.5 Å². The average molecular weight is 416 g/mol. The maximum Gasteiger partial charge on any atom is 0.365 e. The minimum absolute atomic E-state index is 0.0114. The highest BCUT2D eigenvalue weighted by atomic mass is 16.5. The van der Waals surface area contributed by atoms with Gasteiger partial charge in [-0.25, -0.2) is 4.79 Å². The van der Waals surface area contributed by atoms with Gasteiger partial charge in [-0.15, -0.1) is 4.59 Å².